The minimum Gasteiger partial charge on any atom is -0.386 e. The van der Waals surface area contributed by atoms with Gasteiger partial charge in [0.25, 0.3) is 0 Å². The van der Waals surface area contributed by atoms with Crippen LogP contribution in [0.2, 0.25) is 0 Å². The van der Waals surface area contributed by atoms with Gasteiger partial charge in [-0.25, -0.2) is 4.98 Å². The number of aromatic nitrogens is 1. The van der Waals surface area contributed by atoms with Crippen molar-refractivity contribution in [3.05, 3.63) is 51.5 Å². The molecule has 0 aliphatic carbocycles. The Labute approximate surface area is 125 Å². The third-order valence-corrected chi connectivity index (χ3v) is 4.65. The number of hydrogen-bond acceptors (Lipinski definition) is 3. The molecule has 3 heteroatoms. The van der Waals surface area contributed by atoms with Crippen molar-refractivity contribution >= 4 is 11.3 Å². The van der Waals surface area contributed by atoms with Crippen molar-refractivity contribution in [1.82, 2.24) is 4.98 Å². The van der Waals surface area contributed by atoms with Crippen molar-refractivity contribution in [2.75, 3.05) is 0 Å². The van der Waals surface area contributed by atoms with Crippen LogP contribution in [0.15, 0.2) is 29.6 Å². The Bertz CT molecular complexity index is 551. The molecular weight excluding hydrogens is 266 g/mol. The van der Waals surface area contributed by atoms with Crippen LogP contribution in [0.3, 0.4) is 0 Å². The van der Waals surface area contributed by atoms with Gasteiger partial charge in [0, 0.05) is 17.2 Å². The summed E-state index contributed by atoms with van der Waals surface area (Å²) in [6.45, 7) is 8.58. The van der Waals surface area contributed by atoms with Crippen molar-refractivity contribution in [3.8, 4) is 0 Å². The summed E-state index contributed by atoms with van der Waals surface area (Å²) in [5.41, 5.74) is 3.32. The van der Waals surface area contributed by atoms with Gasteiger partial charge >= 0.3 is 0 Å². The minimum atomic E-state index is -0.519. The number of thiazole rings is 1. The molecule has 1 atom stereocenters. The lowest BCUT2D eigenvalue weighted by molar-refractivity contribution is 0.174. The van der Waals surface area contributed by atoms with Crippen LogP contribution >= 0.6 is 11.3 Å². The van der Waals surface area contributed by atoms with Crippen molar-refractivity contribution in [2.45, 2.75) is 52.1 Å². The number of benzene rings is 1. The lowest BCUT2D eigenvalue weighted by atomic mass is 9.98. The van der Waals surface area contributed by atoms with E-state index >= 15 is 0 Å². The van der Waals surface area contributed by atoms with E-state index in [2.05, 4.69) is 56.9 Å². The number of hydrogen-bond donors (Lipinski definition) is 1. The fraction of sp³-hybridized carbons (Fsp3) is 0.471. The highest BCUT2D eigenvalue weighted by molar-refractivity contribution is 7.09. The minimum absolute atomic E-state index is 0.0470. The van der Waals surface area contributed by atoms with Gasteiger partial charge in [0.1, 0.15) is 6.10 Å². The topological polar surface area (TPSA) is 33.1 Å². The molecule has 0 fully saturated rings. The summed E-state index contributed by atoms with van der Waals surface area (Å²) in [6.07, 6.45) is 1.15. The van der Waals surface area contributed by atoms with Crippen LogP contribution in [-0.2, 0) is 18.3 Å². The number of aliphatic hydroxyl groups excluding tert-OH is 1. The molecule has 108 valence electrons. The van der Waals surface area contributed by atoms with Crippen LogP contribution in [0.5, 0.6) is 0 Å². The number of nitrogens with zero attached hydrogens (tertiary/aromatic N) is 1. The molecule has 0 radical (unpaired) electrons. The molecule has 2 nitrogen and oxygen atoms in total. The number of rotatable bonds is 4. The Morgan fingerprint density at radius 3 is 2.25 bits per heavy atom. The zero-order chi connectivity index (χ0) is 14.8. The average Bonchev–Trinajstić information content (AvgIpc) is 2.89. The van der Waals surface area contributed by atoms with E-state index in [0.717, 1.165) is 22.7 Å². The largest absolute Gasteiger partial charge is 0.386 e. The molecule has 1 unspecified atom stereocenters. The van der Waals surface area contributed by atoms with Crippen LogP contribution in [0, 0.1) is 0 Å². The zero-order valence-corrected chi connectivity index (χ0v) is 13.5. The van der Waals surface area contributed by atoms with Crippen LogP contribution < -0.4 is 0 Å². The molecule has 2 aromatic rings. The van der Waals surface area contributed by atoms with Crippen molar-refractivity contribution in [1.29, 1.82) is 0 Å². The maximum Gasteiger partial charge on any atom is 0.101 e. The van der Waals surface area contributed by atoms with Gasteiger partial charge in [0.15, 0.2) is 0 Å². The van der Waals surface area contributed by atoms with E-state index in [0.29, 0.717) is 6.42 Å². The lowest BCUT2D eigenvalue weighted by Gasteiger charge is -2.14. The predicted octanol–water partition coefficient (Wildman–Crippen LogP) is 4.28. The fourth-order valence-corrected chi connectivity index (χ4v) is 2.98. The van der Waals surface area contributed by atoms with Crippen molar-refractivity contribution in [2.24, 2.45) is 0 Å². The second-order valence-corrected chi connectivity index (χ2v) is 7.08. The number of aliphatic hydroxyl groups is 1. The maximum atomic E-state index is 10.3. The normalized spacial score (nSPS) is 13.4. The molecule has 0 bridgehead atoms. The van der Waals surface area contributed by atoms with Gasteiger partial charge in [0.2, 0.25) is 0 Å². The maximum absolute atomic E-state index is 10.3. The Balaban J connectivity index is 2.07. The van der Waals surface area contributed by atoms with E-state index in [1.54, 1.807) is 11.3 Å². The van der Waals surface area contributed by atoms with Crippen LogP contribution in [0.1, 0.15) is 55.6 Å². The molecule has 0 amide bonds. The molecule has 0 aliphatic rings. The average molecular weight is 289 g/mol. The highest BCUT2D eigenvalue weighted by Crippen LogP contribution is 2.28. The summed E-state index contributed by atoms with van der Waals surface area (Å²) in [5, 5.41) is 13.4. The summed E-state index contributed by atoms with van der Waals surface area (Å²) in [4.78, 5) is 4.58. The van der Waals surface area contributed by atoms with E-state index in [1.165, 1.54) is 5.56 Å². The van der Waals surface area contributed by atoms with Crippen molar-refractivity contribution < 1.29 is 5.11 Å². The van der Waals surface area contributed by atoms with Gasteiger partial charge in [0.05, 0.1) is 10.7 Å². The molecule has 1 aromatic carbocycles. The highest BCUT2D eigenvalue weighted by Gasteiger charge is 2.20. The molecule has 1 aromatic heterocycles. The molecule has 2 rings (SSSR count). The van der Waals surface area contributed by atoms with Gasteiger partial charge in [-0.3, -0.25) is 0 Å². The van der Waals surface area contributed by atoms with E-state index in [1.807, 2.05) is 5.38 Å². The predicted molar refractivity (Wildman–Crippen MR) is 85.3 cm³/mol. The van der Waals surface area contributed by atoms with Crippen molar-refractivity contribution in [3.63, 3.8) is 0 Å². The summed E-state index contributed by atoms with van der Waals surface area (Å²) < 4.78 is 0. The third-order valence-electron chi connectivity index (χ3n) is 3.37. The Morgan fingerprint density at radius 1 is 1.15 bits per heavy atom. The SMILES string of the molecule is CCc1ccc(CC(O)c2csc(C(C)(C)C)n2)cc1. The second kappa shape index (κ2) is 6.06. The lowest BCUT2D eigenvalue weighted by Crippen LogP contribution is -2.11. The first-order valence-electron chi connectivity index (χ1n) is 7.12. The van der Waals surface area contributed by atoms with Gasteiger partial charge in [-0.05, 0) is 17.5 Å². The van der Waals surface area contributed by atoms with Crippen LogP contribution in [-0.4, -0.2) is 10.1 Å². The van der Waals surface area contributed by atoms with Crippen LogP contribution in [0.25, 0.3) is 0 Å². The van der Waals surface area contributed by atoms with E-state index in [4.69, 9.17) is 0 Å². The van der Waals surface area contributed by atoms with Gasteiger partial charge < -0.3 is 5.11 Å². The van der Waals surface area contributed by atoms with E-state index in [9.17, 15) is 5.11 Å². The molecule has 20 heavy (non-hydrogen) atoms. The monoisotopic (exact) mass is 289 g/mol. The Morgan fingerprint density at radius 2 is 1.75 bits per heavy atom. The van der Waals surface area contributed by atoms with Gasteiger partial charge in [-0.1, -0.05) is 52.0 Å². The molecule has 0 aliphatic heterocycles. The van der Waals surface area contributed by atoms with E-state index < -0.39 is 6.10 Å². The zero-order valence-electron chi connectivity index (χ0n) is 12.7. The summed E-state index contributed by atoms with van der Waals surface area (Å²) in [7, 11) is 0. The Hall–Kier alpha value is -1.19. The molecular formula is C17H23NOS. The van der Waals surface area contributed by atoms with Crippen LogP contribution in [0.4, 0.5) is 0 Å². The summed E-state index contributed by atoms with van der Waals surface area (Å²) in [6, 6.07) is 8.45. The quantitative estimate of drug-likeness (QED) is 0.911. The summed E-state index contributed by atoms with van der Waals surface area (Å²) in [5.74, 6) is 0. The summed E-state index contributed by atoms with van der Waals surface area (Å²) >= 11 is 1.63. The molecule has 1 N–H and O–H groups in total. The standard InChI is InChI=1S/C17H23NOS/c1-5-12-6-8-13(9-7-12)10-15(19)14-11-20-16(18-14)17(2,3)4/h6-9,11,15,19H,5,10H2,1-4H3. The molecule has 0 spiro atoms. The highest BCUT2D eigenvalue weighted by atomic mass is 32.1. The first kappa shape index (κ1) is 15.2. The third kappa shape index (κ3) is 3.68. The van der Waals surface area contributed by atoms with E-state index in [-0.39, 0.29) is 5.41 Å². The molecule has 0 saturated carbocycles. The first-order chi connectivity index (χ1) is 9.40. The first-order valence-corrected chi connectivity index (χ1v) is 8.00. The molecule has 1 heterocycles. The van der Waals surface area contributed by atoms with Gasteiger partial charge in [-0.2, -0.15) is 0 Å². The molecule has 0 saturated heterocycles. The second-order valence-electron chi connectivity index (χ2n) is 6.22. The number of aryl methyl sites for hydroxylation is 1. The smallest absolute Gasteiger partial charge is 0.101 e. The van der Waals surface area contributed by atoms with Gasteiger partial charge in [-0.15, -0.1) is 11.3 Å². The Kier molecular flexibility index (Phi) is 4.61. The fourth-order valence-electron chi connectivity index (χ4n) is 2.02.